The fourth-order valence-electron chi connectivity index (χ4n) is 1.63. The number of benzene rings is 1. The number of aromatic nitrogens is 2. The van der Waals surface area contributed by atoms with E-state index in [1.54, 1.807) is 31.3 Å². The highest BCUT2D eigenvalue weighted by Gasteiger charge is 2.12. The van der Waals surface area contributed by atoms with Crippen LogP contribution in [-0.2, 0) is 6.54 Å². The van der Waals surface area contributed by atoms with Crippen molar-refractivity contribution in [2.45, 2.75) is 13.5 Å². The Kier molecular flexibility index (Phi) is 3.47. The fourth-order valence-corrected chi connectivity index (χ4v) is 1.63. The summed E-state index contributed by atoms with van der Waals surface area (Å²) in [5.74, 6) is 0. The summed E-state index contributed by atoms with van der Waals surface area (Å²) in [6.07, 6.45) is 1.60. The number of nitrogens with zero attached hydrogens (tertiary/aromatic N) is 3. The van der Waals surface area contributed by atoms with Gasteiger partial charge in [-0.2, -0.15) is 10.2 Å². The molecule has 0 aliphatic rings. The van der Waals surface area contributed by atoms with E-state index in [9.17, 15) is 10.1 Å². The number of anilines is 1. The first-order chi connectivity index (χ1) is 8.68. The van der Waals surface area contributed by atoms with Crippen molar-refractivity contribution >= 4 is 11.4 Å². The van der Waals surface area contributed by atoms with Crippen molar-refractivity contribution < 1.29 is 4.92 Å². The predicted octanol–water partition coefficient (Wildman–Crippen LogP) is 2.31. The van der Waals surface area contributed by atoms with E-state index in [0.29, 0.717) is 12.1 Å². The average Bonchev–Trinajstić information content (AvgIpc) is 2.38. The molecule has 0 radical (unpaired) electrons. The summed E-state index contributed by atoms with van der Waals surface area (Å²) in [6.45, 7) is 2.20. The van der Waals surface area contributed by atoms with Gasteiger partial charge in [-0.15, -0.1) is 0 Å². The molecule has 0 atom stereocenters. The van der Waals surface area contributed by atoms with Crippen LogP contribution >= 0.6 is 0 Å². The minimum atomic E-state index is -0.386. The molecule has 0 aliphatic carbocycles. The summed E-state index contributed by atoms with van der Waals surface area (Å²) in [5.41, 5.74) is 2.24. The Morgan fingerprint density at radius 2 is 2.17 bits per heavy atom. The van der Waals surface area contributed by atoms with E-state index in [-0.39, 0.29) is 10.6 Å². The number of rotatable bonds is 4. The molecule has 0 saturated heterocycles. The van der Waals surface area contributed by atoms with Crippen molar-refractivity contribution in [2.24, 2.45) is 0 Å². The number of nitro benzene ring substituents is 1. The van der Waals surface area contributed by atoms with Gasteiger partial charge in [0.2, 0.25) is 0 Å². The molecule has 6 nitrogen and oxygen atoms in total. The van der Waals surface area contributed by atoms with Crippen LogP contribution in [0.1, 0.15) is 11.3 Å². The topological polar surface area (TPSA) is 81.0 Å². The molecule has 1 aromatic heterocycles. The molecule has 1 aromatic carbocycles. The predicted molar refractivity (Wildman–Crippen MR) is 67.2 cm³/mol. The molecule has 0 aliphatic heterocycles. The van der Waals surface area contributed by atoms with Gasteiger partial charge in [-0.25, -0.2) is 0 Å². The molecular weight excluding hydrogens is 232 g/mol. The Labute approximate surface area is 104 Å². The van der Waals surface area contributed by atoms with Gasteiger partial charge in [0.25, 0.3) is 5.69 Å². The van der Waals surface area contributed by atoms with Crippen LogP contribution < -0.4 is 5.32 Å². The zero-order valence-corrected chi connectivity index (χ0v) is 9.83. The van der Waals surface area contributed by atoms with Crippen molar-refractivity contribution in [3.63, 3.8) is 0 Å². The lowest BCUT2D eigenvalue weighted by Gasteiger charge is -2.08. The Morgan fingerprint density at radius 3 is 2.83 bits per heavy atom. The summed E-state index contributed by atoms with van der Waals surface area (Å²) in [5, 5.41) is 21.6. The van der Waals surface area contributed by atoms with E-state index in [0.717, 1.165) is 11.4 Å². The van der Waals surface area contributed by atoms with Crippen molar-refractivity contribution in [1.82, 2.24) is 10.2 Å². The average molecular weight is 244 g/mol. The van der Waals surface area contributed by atoms with Crippen LogP contribution in [-0.4, -0.2) is 15.1 Å². The summed E-state index contributed by atoms with van der Waals surface area (Å²) < 4.78 is 0. The van der Waals surface area contributed by atoms with Gasteiger partial charge in [-0.05, 0) is 25.1 Å². The van der Waals surface area contributed by atoms with Crippen molar-refractivity contribution in [2.75, 3.05) is 5.32 Å². The maximum atomic E-state index is 10.8. The maximum Gasteiger partial charge on any atom is 0.274 e. The number of nitrogens with one attached hydrogen (secondary N) is 1. The van der Waals surface area contributed by atoms with Crippen LogP contribution in [0, 0.1) is 17.0 Å². The lowest BCUT2D eigenvalue weighted by Crippen LogP contribution is -2.04. The highest BCUT2D eigenvalue weighted by molar-refractivity contribution is 5.59. The molecule has 0 unspecified atom stereocenters. The third kappa shape index (κ3) is 2.60. The lowest BCUT2D eigenvalue weighted by molar-refractivity contribution is -0.385. The monoisotopic (exact) mass is 244 g/mol. The summed E-state index contributed by atoms with van der Waals surface area (Å²) in [6, 6.07) is 8.59. The van der Waals surface area contributed by atoms with Crippen LogP contribution in [0.4, 0.5) is 11.4 Å². The quantitative estimate of drug-likeness (QED) is 0.659. The van der Waals surface area contributed by atoms with Crippen LogP contribution in [0.3, 0.4) is 0 Å². The first-order valence-electron chi connectivity index (χ1n) is 5.43. The SMILES string of the molecule is Cc1c(NCc2cccnn2)cccc1[N+](=O)[O-]. The largest absolute Gasteiger partial charge is 0.379 e. The Morgan fingerprint density at radius 1 is 1.33 bits per heavy atom. The summed E-state index contributed by atoms with van der Waals surface area (Å²) in [4.78, 5) is 10.4. The third-order valence-electron chi connectivity index (χ3n) is 2.59. The van der Waals surface area contributed by atoms with Crippen LogP contribution in [0.25, 0.3) is 0 Å². The molecule has 1 heterocycles. The molecule has 0 fully saturated rings. The zero-order chi connectivity index (χ0) is 13.0. The zero-order valence-electron chi connectivity index (χ0n) is 9.83. The normalized spacial score (nSPS) is 10.1. The first-order valence-corrected chi connectivity index (χ1v) is 5.43. The molecule has 0 saturated carbocycles. The molecule has 1 N–H and O–H groups in total. The second-order valence-electron chi connectivity index (χ2n) is 3.78. The summed E-state index contributed by atoms with van der Waals surface area (Å²) in [7, 11) is 0. The van der Waals surface area contributed by atoms with Gasteiger partial charge in [-0.3, -0.25) is 10.1 Å². The van der Waals surface area contributed by atoms with Crippen LogP contribution in [0.5, 0.6) is 0 Å². The third-order valence-corrected chi connectivity index (χ3v) is 2.59. The number of nitro groups is 1. The van der Waals surface area contributed by atoms with Crippen molar-refractivity contribution in [3.8, 4) is 0 Å². The molecule has 92 valence electrons. The van der Waals surface area contributed by atoms with E-state index < -0.39 is 0 Å². The number of hydrogen-bond donors (Lipinski definition) is 1. The molecular formula is C12H12N4O2. The van der Waals surface area contributed by atoms with E-state index in [4.69, 9.17) is 0 Å². The van der Waals surface area contributed by atoms with E-state index in [2.05, 4.69) is 15.5 Å². The van der Waals surface area contributed by atoms with Gasteiger partial charge in [0.15, 0.2) is 0 Å². The summed E-state index contributed by atoms with van der Waals surface area (Å²) >= 11 is 0. The first kappa shape index (κ1) is 12.0. The molecule has 0 spiro atoms. The number of hydrogen-bond acceptors (Lipinski definition) is 5. The Hall–Kier alpha value is -2.50. The molecule has 18 heavy (non-hydrogen) atoms. The van der Waals surface area contributed by atoms with E-state index >= 15 is 0 Å². The molecule has 0 bridgehead atoms. The van der Waals surface area contributed by atoms with Gasteiger partial charge < -0.3 is 5.32 Å². The van der Waals surface area contributed by atoms with Crippen molar-refractivity contribution in [1.29, 1.82) is 0 Å². The van der Waals surface area contributed by atoms with Crippen LogP contribution in [0.15, 0.2) is 36.5 Å². The van der Waals surface area contributed by atoms with Gasteiger partial charge >= 0.3 is 0 Å². The standard InChI is InChI=1S/C12H12N4O2/c1-9-11(5-2-6-12(9)16(17)18)13-8-10-4-3-7-14-15-10/h2-7,13H,8H2,1H3. The van der Waals surface area contributed by atoms with E-state index in [1.165, 1.54) is 6.07 Å². The molecule has 2 rings (SSSR count). The maximum absolute atomic E-state index is 10.8. The smallest absolute Gasteiger partial charge is 0.274 e. The minimum Gasteiger partial charge on any atom is -0.379 e. The lowest BCUT2D eigenvalue weighted by atomic mass is 10.1. The van der Waals surface area contributed by atoms with E-state index in [1.807, 2.05) is 6.07 Å². The Balaban J connectivity index is 2.15. The highest BCUT2D eigenvalue weighted by Crippen LogP contribution is 2.25. The Bertz CT molecular complexity index is 557. The minimum absolute atomic E-state index is 0.110. The van der Waals surface area contributed by atoms with Gasteiger partial charge in [-0.1, -0.05) is 6.07 Å². The fraction of sp³-hybridized carbons (Fsp3) is 0.167. The molecule has 2 aromatic rings. The molecule has 6 heteroatoms. The highest BCUT2D eigenvalue weighted by atomic mass is 16.6. The van der Waals surface area contributed by atoms with Gasteiger partial charge in [0, 0.05) is 23.5 Å². The van der Waals surface area contributed by atoms with Crippen LogP contribution in [0.2, 0.25) is 0 Å². The van der Waals surface area contributed by atoms with Gasteiger partial charge in [0.05, 0.1) is 17.2 Å². The van der Waals surface area contributed by atoms with Gasteiger partial charge in [0.1, 0.15) is 0 Å². The second kappa shape index (κ2) is 5.22. The molecule has 0 amide bonds. The second-order valence-corrected chi connectivity index (χ2v) is 3.78. The van der Waals surface area contributed by atoms with Crippen molar-refractivity contribution in [3.05, 3.63) is 57.9 Å².